The zero-order chi connectivity index (χ0) is 19.0. The number of rotatable bonds is 6. The second-order valence-electron chi connectivity index (χ2n) is 6.99. The summed E-state index contributed by atoms with van der Waals surface area (Å²) in [6, 6.07) is 9.52. The van der Waals surface area contributed by atoms with Gasteiger partial charge in [0.2, 0.25) is 5.78 Å². The second-order valence-corrected chi connectivity index (χ2v) is 7.93. The largest absolute Gasteiger partial charge is 0.361 e. The maximum absolute atomic E-state index is 13.0. The highest BCUT2D eigenvalue weighted by Crippen LogP contribution is 2.24. The lowest BCUT2D eigenvalue weighted by Gasteiger charge is -2.12. The number of hydrogen-bond acceptors (Lipinski definition) is 6. The Bertz CT molecular complexity index is 1160. The van der Waals surface area contributed by atoms with Gasteiger partial charge in [0.15, 0.2) is 5.16 Å². The first-order chi connectivity index (χ1) is 13.0. The highest BCUT2D eigenvalue weighted by atomic mass is 32.2. The first-order valence-electron chi connectivity index (χ1n) is 8.96. The number of benzene rings is 1. The van der Waals surface area contributed by atoms with E-state index in [0.29, 0.717) is 29.4 Å². The van der Waals surface area contributed by atoms with Crippen molar-refractivity contribution in [2.45, 2.75) is 44.6 Å². The molecule has 0 saturated heterocycles. The molecule has 140 valence electrons. The lowest BCUT2D eigenvalue weighted by molar-refractivity contribution is 0.393. The van der Waals surface area contributed by atoms with Gasteiger partial charge in [-0.15, -0.1) is 10.2 Å². The number of thioether (sulfide) groups is 1. The van der Waals surface area contributed by atoms with Crippen molar-refractivity contribution in [2.24, 2.45) is 5.92 Å². The normalized spacial score (nSPS) is 11.9. The van der Waals surface area contributed by atoms with Crippen molar-refractivity contribution in [1.29, 1.82) is 0 Å². The first kappa shape index (κ1) is 17.8. The van der Waals surface area contributed by atoms with Gasteiger partial charge in [-0.25, -0.2) is 0 Å². The molecule has 0 spiro atoms. The fourth-order valence-electron chi connectivity index (χ4n) is 3.04. The molecule has 7 nitrogen and oxygen atoms in total. The van der Waals surface area contributed by atoms with Gasteiger partial charge in [0.05, 0.1) is 16.6 Å². The lowest BCUT2D eigenvalue weighted by Crippen LogP contribution is -2.24. The van der Waals surface area contributed by atoms with Gasteiger partial charge in [0.1, 0.15) is 5.76 Å². The maximum atomic E-state index is 13.0. The minimum absolute atomic E-state index is 0.0187. The highest BCUT2D eigenvalue weighted by molar-refractivity contribution is 7.98. The van der Waals surface area contributed by atoms with Crippen LogP contribution in [0.2, 0.25) is 0 Å². The van der Waals surface area contributed by atoms with Crippen LogP contribution in [0.4, 0.5) is 0 Å². The van der Waals surface area contributed by atoms with Crippen LogP contribution in [-0.4, -0.2) is 24.3 Å². The summed E-state index contributed by atoms with van der Waals surface area (Å²) in [6.45, 7) is 6.78. The van der Waals surface area contributed by atoms with Gasteiger partial charge in [-0.3, -0.25) is 13.8 Å². The Morgan fingerprint density at radius 1 is 1.22 bits per heavy atom. The van der Waals surface area contributed by atoms with E-state index in [2.05, 4.69) is 29.2 Å². The van der Waals surface area contributed by atoms with E-state index in [-0.39, 0.29) is 5.56 Å². The summed E-state index contributed by atoms with van der Waals surface area (Å²) in [5.41, 5.74) is 1.66. The van der Waals surface area contributed by atoms with Crippen molar-refractivity contribution < 1.29 is 4.52 Å². The Balaban J connectivity index is 1.82. The molecule has 4 aromatic rings. The molecule has 0 atom stereocenters. The van der Waals surface area contributed by atoms with Crippen molar-refractivity contribution in [1.82, 2.24) is 24.3 Å². The molecule has 0 aliphatic carbocycles. The Morgan fingerprint density at radius 3 is 2.78 bits per heavy atom. The third kappa shape index (κ3) is 3.37. The van der Waals surface area contributed by atoms with Gasteiger partial charge in [-0.05, 0) is 31.4 Å². The molecule has 0 saturated carbocycles. The van der Waals surface area contributed by atoms with Crippen molar-refractivity contribution in [3.8, 4) is 0 Å². The van der Waals surface area contributed by atoms with E-state index < -0.39 is 0 Å². The molecule has 0 unspecified atom stereocenters. The van der Waals surface area contributed by atoms with Crippen LogP contribution in [0.1, 0.15) is 31.7 Å². The average Bonchev–Trinajstić information content (AvgIpc) is 3.26. The van der Waals surface area contributed by atoms with E-state index in [0.717, 1.165) is 28.5 Å². The molecule has 0 N–H and O–H groups in total. The summed E-state index contributed by atoms with van der Waals surface area (Å²) < 4.78 is 8.83. The third-order valence-electron chi connectivity index (χ3n) is 4.43. The molecule has 0 amide bonds. The highest BCUT2D eigenvalue weighted by Gasteiger charge is 2.17. The van der Waals surface area contributed by atoms with Crippen LogP contribution in [-0.2, 0) is 12.3 Å². The maximum Gasteiger partial charge on any atom is 0.262 e. The zero-order valence-electron chi connectivity index (χ0n) is 15.5. The average molecular weight is 383 g/mol. The Kier molecular flexibility index (Phi) is 4.73. The van der Waals surface area contributed by atoms with Gasteiger partial charge in [0, 0.05) is 18.4 Å². The van der Waals surface area contributed by atoms with E-state index in [1.54, 1.807) is 4.57 Å². The second kappa shape index (κ2) is 7.19. The number of aromatic nitrogens is 5. The Hall–Kier alpha value is -2.61. The molecule has 3 heterocycles. The van der Waals surface area contributed by atoms with Gasteiger partial charge >= 0.3 is 0 Å². The molecule has 27 heavy (non-hydrogen) atoms. The number of aryl methyl sites for hydroxylation is 2. The summed E-state index contributed by atoms with van der Waals surface area (Å²) in [6.07, 6.45) is 0.904. The van der Waals surface area contributed by atoms with Crippen molar-refractivity contribution in [3.05, 3.63) is 52.1 Å². The van der Waals surface area contributed by atoms with Crippen LogP contribution in [0.15, 0.2) is 44.8 Å². The summed E-state index contributed by atoms with van der Waals surface area (Å²) in [5, 5.41) is 14.1. The number of nitrogens with zero attached hydrogens (tertiary/aromatic N) is 5. The van der Waals surface area contributed by atoms with E-state index in [4.69, 9.17) is 4.52 Å². The number of hydrogen-bond donors (Lipinski definition) is 0. The zero-order valence-corrected chi connectivity index (χ0v) is 16.4. The molecular weight excluding hydrogens is 362 g/mol. The summed E-state index contributed by atoms with van der Waals surface area (Å²) in [5.74, 6) is 2.48. The molecule has 1 aromatic carbocycles. The van der Waals surface area contributed by atoms with Crippen LogP contribution >= 0.6 is 11.8 Å². The minimum Gasteiger partial charge on any atom is -0.361 e. The van der Waals surface area contributed by atoms with Crippen LogP contribution in [0.25, 0.3) is 16.7 Å². The van der Waals surface area contributed by atoms with E-state index in [1.165, 1.54) is 11.8 Å². The summed E-state index contributed by atoms with van der Waals surface area (Å²) >= 11 is 1.53. The van der Waals surface area contributed by atoms with E-state index >= 15 is 0 Å². The molecule has 8 heteroatoms. The van der Waals surface area contributed by atoms with Crippen LogP contribution in [0.3, 0.4) is 0 Å². The Labute approximate surface area is 160 Å². The third-order valence-corrected chi connectivity index (χ3v) is 5.40. The molecular formula is C19H21N5O2S. The minimum atomic E-state index is -0.0187. The predicted molar refractivity (Wildman–Crippen MR) is 105 cm³/mol. The van der Waals surface area contributed by atoms with Crippen LogP contribution in [0.5, 0.6) is 0 Å². The van der Waals surface area contributed by atoms with E-state index in [9.17, 15) is 4.79 Å². The standard InChI is InChI=1S/C19H21N5O2S/c1-12(2)8-9-23-17(25)15-6-4-5-7-16(15)24-18(23)20-21-19(24)27-11-14-10-13(3)26-22-14/h4-7,10,12H,8-9,11H2,1-3H3. The first-order valence-corrected chi connectivity index (χ1v) is 9.95. The van der Waals surface area contributed by atoms with Crippen molar-refractivity contribution in [2.75, 3.05) is 0 Å². The summed E-state index contributed by atoms with van der Waals surface area (Å²) in [7, 11) is 0. The molecule has 0 bridgehead atoms. The van der Waals surface area contributed by atoms with Gasteiger partial charge in [-0.2, -0.15) is 0 Å². The summed E-state index contributed by atoms with van der Waals surface area (Å²) in [4.78, 5) is 13.0. The Morgan fingerprint density at radius 2 is 2.04 bits per heavy atom. The lowest BCUT2D eigenvalue weighted by atomic mass is 10.1. The molecule has 0 aliphatic heterocycles. The van der Waals surface area contributed by atoms with Crippen molar-refractivity contribution in [3.63, 3.8) is 0 Å². The molecule has 0 aliphatic rings. The van der Waals surface area contributed by atoms with E-state index in [1.807, 2.05) is 41.7 Å². The smallest absolute Gasteiger partial charge is 0.262 e. The SMILES string of the molecule is Cc1cc(CSc2nnc3n(CCC(C)C)c(=O)c4ccccc4n23)no1. The fourth-order valence-corrected chi connectivity index (χ4v) is 3.86. The fraction of sp³-hybridized carbons (Fsp3) is 0.368. The van der Waals surface area contributed by atoms with Crippen LogP contribution in [0, 0.1) is 12.8 Å². The molecule has 0 radical (unpaired) electrons. The van der Waals surface area contributed by atoms with Gasteiger partial charge in [0.25, 0.3) is 5.56 Å². The molecule has 4 rings (SSSR count). The van der Waals surface area contributed by atoms with Gasteiger partial charge < -0.3 is 4.52 Å². The molecule has 3 aromatic heterocycles. The predicted octanol–water partition coefficient (Wildman–Crippen LogP) is 3.68. The molecule has 0 fully saturated rings. The topological polar surface area (TPSA) is 78.2 Å². The quantitative estimate of drug-likeness (QED) is 0.473. The monoisotopic (exact) mass is 383 g/mol. The number of fused-ring (bicyclic) bond motifs is 3. The van der Waals surface area contributed by atoms with Gasteiger partial charge in [-0.1, -0.05) is 42.9 Å². The van der Waals surface area contributed by atoms with Crippen molar-refractivity contribution >= 4 is 28.4 Å². The van der Waals surface area contributed by atoms with Crippen LogP contribution < -0.4 is 5.56 Å². The number of para-hydroxylation sites is 1.